The van der Waals surface area contributed by atoms with Gasteiger partial charge in [0, 0.05) is 11.7 Å². The summed E-state index contributed by atoms with van der Waals surface area (Å²) in [5.41, 5.74) is 3.42. The highest BCUT2D eigenvalue weighted by atomic mass is 32.1. The molecule has 3 rings (SSSR count). The van der Waals surface area contributed by atoms with E-state index < -0.39 is 0 Å². The summed E-state index contributed by atoms with van der Waals surface area (Å²) < 4.78 is 5.36. The lowest BCUT2D eigenvalue weighted by Crippen LogP contribution is -2.38. The smallest absolute Gasteiger partial charge is 0.178 e. The number of fused-ring (bicyclic) bond motifs is 1. The predicted octanol–water partition coefficient (Wildman–Crippen LogP) is 3.84. The van der Waals surface area contributed by atoms with Crippen molar-refractivity contribution in [1.82, 2.24) is 0 Å². The summed E-state index contributed by atoms with van der Waals surface area (Å²) >= 11 is 5.62. The van der Waals surface area contributed by atoms with Crippen molar-refractivity contribution in [3.63, 3.8) is 0 Å². The van der Waals surface area contributed by atoms with Gasteiger partial charge >= 0.3 is 0 Å². The molecule has 2 aromatic carbocycles. The quantitative estimate of drug-likeness (QED) is 0.851. The molecule has 1 aliphatic heterocycles. The highest BCUT2D eigenvalue weighted by Crippen LogP contribution is 2.33. The van der Waals surface area contributed by atoms with Crippen molar-refractivity contribution in [3.05, 3.63) is 54.1 Å². The first-order valence-corrected chi connectivity index (χ1v) is 7.42. The number of methoxy groups -OCH3 is 1. The molecule has 21 heavy (non-hydrogen) atoms. The van der Waals surface area contributed by atoms with Crippen LogP contribution in [0.1, 0.15) is 12.5 Å². The maximum absolute atomic E-state index is 5.62. The topological polar surface area (TPSA) is 24.5 Å². The highest BCUT2D eigenvalue weighted by molar-refractivity contribution is 7.80. The number of nitrogens with zero attached hydrogens (tertiary/aromatic N) is 1. The van der Waals surface area contributed by atoms with Crippen LogP contribution in [0, 0.1) is 0 Å². The molecule has 0 saturated carbocycles. The zero-order valence-corrected chi connectivity index (χ0v) is 13.0. The molecular weight excluding hydrogens is 280 g/mol. The standard InChI is InChI=1S/C17H18N2OS/c1-12-11-13-7-3-5-9-15(13)19(12)17(21)18-14-8-4-6-10-16(14)20-2/h3-10,12H,11H2,1-2H3,(H,18,21). The van der Waals surface area contributed by atoms with Crippen LogP contribution in [0.5, 0.6) is 5.75 Å². The van der Waals surface area contributed by atoms with Crippen molar-refractivity contribution in [2.75, 3.05) is 17.3 Å². The van der Waals surface area contributed by atoms with Gasteiger partial charge in [-0.15, -0.1) is 0 Å². The molecule has 4 heteroatoms. The minimum atomic E-state index is 0.358. The van der Waals surface area contributed by atoms with Crippen LogP contribution in [-0.4, -0.2) is 18.3 Å². The molecule has 0 radical (unpaired) electrons. The van der Waals surface area contributed by atoms with Gasteiger partial charge in [0.15, 0.2) is 5.11 Å². The van der Waals surface area contributed by atoms with Gasteiger partial charge in [-0.25, -0.2) is 0 Å². The molecule has 0 saturated heterocycles. The second-order valence-electron chi connectivity index (χ2n) is 5.18. The fourth-order valence-corrected chi connectivity index (χ4v) is 3.19. The Morgan fingerprint density at radius 1 is 1.19 bits per heavy atom. The summed E-state index contributed by atoms with van der Waals surface area (Å²) in [4.78, 5) is 2.18. The third-order valence-corrected chi connectivity index (χ3v) is 4.07. The van der Waals surface area contributed by atoms with Crippen molar-refractivity contribution >= 4 is 28.7 Å². The third kappa shape index (κ3) is 2.59. The molecule has 0 amide bonds. The molecule has 108 valence electrons. The molecule has 1 unspecified atom stereocenters. The van der Waals surface area contributed by atoms with Crippen LogP contribution in [0.2, 0.25) is 0 Å². The van der Waals surface area contributed by atoms with E-state index in [0.29, 0.717) is 11.2 Å². The fourth-order valence-electron chi connectivity index (χ4n) is 2.80. The van der Waals surface area contributed by atoms with E-state index in [-0.39, 0.29) is 0 Å². The lowest BCUT2D eigenvalue weighted by Gasteiger charge is -2.26. The average molecular weight is 298 g/mol. The number of hydrogen-bond acceptors (Lipinski definition) is 2. The fraction of sp³-hybridized carbons (Fsp3) is 0.235. The summed E-state index contributed by atoms with van der Waals surface area (Å²) in [6.07, 6.45) is 1.02. The Hall–Kier alpha value is -2.07. The average Bonchev–Trinajstić information content (AvgIpc) is 2.83. The van der Waals surface area contributed by atoms with E-state index in [9.17, 15) is 0 Å². The number of hydrogen-bond donors (Lipinski definition) is 1. The number of para-hydroxylation sites is 3. The summed E-state index contributed by atoms with van der Waals surface area (Å²) in [5.74, 6) is 0.792. The Kier molecular flexibility index (Phi) is 3.80. The number of anilines is 2. The molecule has 1 atom stereocenters. The van der Waals surface area contributed by atoms with E-state index >= 15 is 0 Å². The number of benzene rings is 2. The normalized spacial score (nSPS) is 16.5. The van der Waals surface area contributed by atoms with Crippen LogP contribution in [0.25, 0.3) is 0 Å². The molecule has 0 bridgehead atoms. The Balaban J connectivity index is 1.86. The number of ether oxygens (including phenoxy) is 1. The maximum Gasteiger partial charge on any atom is 0.178 e. The second kappa shape index (κ2) is 5.74. The van der Waals surface area contributed by atoms with E-state index in [0.717, 1.165) is 17.9 Å². The van der Waals surface area contributed by atoms with Gasteiger partial charge in [0.1, 0.15) is 5.75 Å². The van der Waals surface area contributed by atoms with E-state index in [1.54, 1.807) is 7.11 Å². The summed E-state index contributed by atoms with van der Waals surface area (Å²) in [6, 6.07) is 16.6. The molecule has 1 heterocycles. The van der Waals surface area contributed by atoms with Crippen molar-refractivity contribution in [1.29, 1.82) is 0 Å². The molecule has 1 N–H and O–H groups in total. The lowest BCUT2D eigenvalue weighted by molar-refractivity contribution is 0.417. The van der Waals surface area contributed by atoms with Crippen molar-refractivity contribution < 1.29 is 4.74 Å². The number of nitrogens with one attached hydrogen (secondary N) is 1. The van der Waals surface area contributed by atoms with E-state index in [4.69, 9.17) is 17.0 Å². The first-order chi connectivity index (χ1) is 10.2. The largest absolute Gasteiger partial charge is 0.495 e. The van der Waals surface area contributed by atoms with Crippen molar-refractivity contribution in [2.45, 2.75) is 19.4 Å². The summed E-state index contributed by atoms with van der Waals surface area (Å²) in [5, 5.41) is 4.01. The van der Waals surface area contributed by atoms with Crippen LogP contribution < -0.4 is 15.0 Å². The monoisotopic (exact) mass is 298 g/mol. The van der Waals surface area contributed by atoms with Crippen molar-refractivity contribution in [2.24, 2.45) is 0 Å². The van der Waals surface area contributed by atoms with Crippen LogP contribution in [0.3, 0.4) is 0 Å². The highest BCUT2D eigenvalue weighted by Gasteiger charge is 2.28. The molecule has 0 fully saturated rings. The molecule has 3 nitrogen and oxygen atoms in total. The van der Waals surface area contributed by atoms with Crippen molar-refractivity contribution in [3.8, 4) is 5.75 Å². The van der Waals surface area contributed by atoms with Gasteiger partial charge in [-0.05, 0) is 49.3 Å². The van der Waals surface area contributed by atoms with Gasteiger partial charge in [0.2, 0.25) is 0 Å². The Bertz CT molecular complexity index is 671. The lowest BCUT2D eigenvalue weighted by atomic mass is 10.1. The molecule has 2 aromatic rings. The minimum Gasteiger partial charge on any atom is -0.495 e. The predicted molar refractivity (Wildman–Crippen MR) is 91.3 cm³/mol. The Morgan fingerprint density at radius 3 is 2.71 bits per heavy atom. The molecule has 0 aromatic heterocycles. The van der Waals surface area contributed by atoms with Gasteiger partial charge in [-0.1, -0.05) is 30.3 Å². The van der Waals surface area contributed by atoms with Gasteiger partial charge < -0.3 is 15.0 Å². The Morgan fingerprint density at radius 2 is 1.90 bits per heavy atom. The second-order valence-corrected chi connectivity index (χ2v) is 5.57. The summed E-state index contributed by atoms with van der Waals surface area (Å²) in [6.45, 7) is 2.19. The summed E-state index contributed by atoms with van der Waals surface area (Å²) in [7, 11) is 1.66. The van der Waals surface area contributed by atoms with Crippen LogP contribution >= 0.6 is 12.2 Å². The van der Waals surface area contributed by atoms with E-state index in [1.165, 1.54) is 11.3 Å². The molecule has 0 spiro atoms. The van der Waals surface area contributed by atoms with Crippen LogP contribution in [-0.2, 0) is 6.42 Å². The van der Waals surface area contributed by atoms with Gasteiger partial charge in [-0.3, -0.25) is 0 Å². The van der Waals surface area contributed by atoms with E-state index in [2.05, 4.69) is 41.4 Å². The third-order valence-electron chi connectivity index (χ3n) is 3.77. The number of thiocarbonyl (C=S) groups is 1. The first-order valence-electron chi connectivity index (χ1n) is 7.02. The Labute approximate surface area is 130 Å². The SMILES string of the molecule is COc1ccccc1NC(=S)N1c2ccccc2CC1C. The molecule has 1 aliphatic rings. The number of rotatable bonds is 2. The zero-order chi connectivity index (χ0) is 14.8. The van der Waals surface area contributed by atoms with Crippen LogP contribution in [0.15, 0.2) is 48.5 Å². The van der Waals surface area contributed by atoms with Gasteiger partial charge in [-0.2, -0.15) is 0 Å². The molecule has 0 aliphatic carbocycles. The minimum absolute atomic E-state index is 0.358. The zero-order valence-electron chi connectivity index (χ0n) is 12.2. The molecular formula is C17H18N2OS. The van der Waals surface area contributed by atoms with Gasteiger partial charge in [0.05, 0.1) is 12.8 Å². The first kappa shape index (κ1) is 13.9. The van der Waals surface area contributed by atoms with Crippen LogP contribution in [0.4, 0.5) is 11.4 Å². The van der Waals surface area contributed by atoms with E-state index in [1.807, 2.05) is 24.3 Å². The van der Waals surface area contributed by atoms with Gasteiger partial charge in [0.25, 0.3) is 0 Å². The maximum atomic E-state index is 5.62.